The first-order valence-corrected chi connectivity index (χ1v) is 7.05. The van der Waals surface area contributed by atoms with Crippen LogP contribution in [0, 0.1) is 0 Å². The molecule has 1 aromatic carbocycles. The molecule has 0 saturated carbocycles. The van der Waals surface area contributed by atoms with Crippen LogP contribution in [0.2, 0.25) is 0 Å². The van der Waals surface area contributed by atoms with Gasteiger partial charge in [0, 0.05) is 12.5 Å². The SMILES string of the molecule is C1=CCC(NCCc2ccc3c(c2)CCO3)CC1. The summed E-state index contributed by atoms with van der Waals surface area (Å²) >= 11 is 0. The molecule has 2 aliphatic rings. The Hall–Kier alpha value is -1.28. The van der Waals surface area contributed by atoms with Crippen LogP contribution in [0.3, 0.4) is 0 Å². The van der Waals surface area contributed by atoms with E-state index in [2.05, 4.69) is 35.7 Å². The average molecular weight is 243 g/mol. The van der Waals surface area contributed by atoms with Crippen molar-refractivity contribution in [2.45, 2.75) is 38.1 Å². The first-order chi connectivity index (χ1) is 8.92. The Bertz CT molecular complexity index is 439. The van der Waals surface area contributed by atoms with Crippen LogP contribution < -0.4 is 10.1 Å². The van der Waals surface area contributed by atoms with E-state index in [0.29, 0.717) is 6.04 Å². The molecule has 0 saturated heterocycles. The van der Waals surface area contributed by atoms with Crippen molar-refractivity contribution in [3.63, 3.8) is 0 Å². The van der Waals surface area contributed by atoms with E-state index >= 15 is 0 Å². The quantitative estimate of drug-likeness (QED) is 0.821. The van der Waals surface area contributed by atoms with Gasteiger partial charge < -0.3 is 10.1 Å². The van der Waals surface area contributed by atoms with Crippen molar-refractivity contribution in [2.24, 2.45) is 0 Å². The largest absolute Gasteiger partial charge is 0.493 e. The zero-order valence-corrected chi connectivity index (χ0v) is 10.8. The number of nitrogens with one attached hydrogen (secondary N) is 1. The summed E-state index contributed by atoms with van der Waals surface area (Å²) in [5, 5.41) is 3.66. The van der Waals surface area contributed by atoms with Gasteiger partial charge in [-0.1, -0.05) is 24.3 Å². The van der Waals surface area contributed by atoms with Crippen LogP contribution in [0.1, 0.15) is 30.4 Å². The minimum atomic E-state index is 0.688. The van der Waals surface area contributed by atoms with Gasteiger partial charge in [-0.2, -0.15) is 0 Å². The molecule has 1 unspecified atom stereocenters. The topological polar surface area (TPSA) is 21.3 Å². The maximum absolute atomic E-state index is 5.53. The number of hydrogen-bond donors (Lipinski definition) is 1. The van der Waals surface area contributed by atoms with E-state index in [4.69, 9.17) is 4.74 Å². The second kappa shape index (κ2) is 5.57. The van der Waals surface area contributed by atoms with E-state index in [1.54, 1.807) is 0 Å². The molecular weight excluding hydrogens is 222 g/mol. The Morgan fingerprint density at radius 2 is 2.28 bits per heavy atom. The Kier molecular flexibility index (Phi) is 3.65. The summed E-state index contributed by atoms with van der Waals surface area (Å²) in [5.74, 6) is 1.09. The molecule has 3 rings (SSSR count). The summed E-state index contributed by atoms with van der Waals surface area (Å²) in [6.07, 6.45) is 10.5. The Morgan fingerprint density at radius 3 is 3.17 bits per heavy atom. The number of fused-ring (bicyclic) bond motifs is 1. The maximum atomic E-state index is 5.53. The predicted octanol–water partition coefficient (Wildman–Crippen LogP) is 2.86. The summed E-state index contributed by atoms with van der Waals surface area (Å²) in [7, 11) is 0. The van der Waals surface area contributed by atoms with E-state index in [1.165, 1.54) is 30.4 Å². The summed E-state index contributed by atoms with van der Waals surface area (Å²) in [5.41, 5.74) is 2.81. The molecule has 18 heavy (non-hydrogen) atoms. The standard InChI is InChI=1S/C16H21NO/c1-2-4-15(5-3-1)17-10-8-13-6-7-16-14(12-13)9-11-18-16/h1-2,6-7,12,15,17H,3-5,8-11H2. The van der Waals surface area contributed by atoms with Crippen LogP contribution in [0.5, 0.6) is 5.75 Å². The van der Waals surface area contributed by atoms with E-state index in [9.17, 15) is 0 Å². The molecule has 1 atom stereocenters. The predicted molar refractivity (Wildman–Crippen MR) is 74.1 cm³/mol. The zero-order valence-electron chi connectivity index (χ0n) is 10.8. The highest BCUT2D eigenvalue weighted by Crippen LogP contribution is 2.25. The highest BCUT2D eigenvalue weighted by Gasteiger charge is 2.12. The maximum Gasteiger partial charge on any atom is 0.122 e. The third-order valence-corrected chi connectivity index (χ3v) is 3.87. The van der Waals surface area contributed by atoms with Crippen molar-refractivity contribution in [3.05, 3.63) is 41.5 Å². The second-order valence-corrected chi connectivity index (χ2v) is 5.23. The molecule has 1 aliphatic carbocycles. The fourth-order valence-electron chi connectivity index (χ4n) is 2.80. The highest BCUT2D eigenvalue weighted by atomic mass is 16.5. The van der Waals surface area contributed by atoms with Crippen LogP contribution in [-0.2, 0) is 12.8 Å². The zero-order chi connectivity index (χ0) is 12.2. The summed E-state index contributed by atoms with van der Waals surface area (Å²) in [6, 6.07) is 7.33. The number of benzene rings is 1. The van der Waals surface area contributed by atoms with Gasteiger partial charge in [-0.3, -0.25) is 0 Å². The van der Waals surface area contributed by atoms with Crippen molar-refractivity contribution in [1.82, 2.24) is 5.32 Å². The molecule has 2 heteroatoms. The molecule has 1 N–H and O–H groups in total. The van der Waals surface area contributed by atoms with Crippen LogP contribution in [0.25, 0.3) is 0 Å². The lowest BCUT2D eigenvalue weighted by Crippen LogP contribution is -2.31. The van der Waals surface area contributed by atoms with Gasteiger partial charge in [0.2, 0.25) is 0 Å². The molecule has 96 valence electrons. The smallest absolute Gasteiger partial charge is 0.122 e. The van der Waals surface area contributed by atoms with Crippen molar-refractivity contribution < 1.29 is 4.74 Å². The van der Waals surface area contributed by atoms with Crippen molar-refractivity contribution in [3.8, 4) is 5.75 Å². The summed E-state index contributed by atoms with van der Waals surface area (Å²) in [4.78, 5) is 0. The Morgan fingerprint density at radius 1 is 1.28 bits per heavy atom. The van der Waals surface area contributed by atoms with Gasteiger partial charge in [-0.25, -0.2) is 0 Å². The van der Waals surface area contributed by atoms with Gasteiger partial charge in [0.15, 0.2) is 0 Å². The first kappa shape index (κ1) is 11.8. The summed E-state index contributed by atoms with van der Waals surface area (Å²) < 4.78 is 5.53. The average Bonchev–Trinajstić information content (AvgIpc) is 2.87. The van der Waals surface area contributed by atoms with E-state index < -0.39 is 0 Å². The lowest BCUT2D eigenvalue weighted by Gasteiger charge is -2.19. The normalized spacial score (nSPS) is 21.7. The lowest BCUT2D eigenvalue weighted by atomic mass is 10.0. The number of hydrogen-bond acceptors (Lipinski definition) is 2. The molecule has 1 heterocycles. The van der Waals surface area contributed by atoms with Gasteiger partial charge in [0.05, 0.1) is 6.61 Å². The lowest BCUT2D eigenvalue weighted by molar-refractivity contribution is 0.357. The van der Waals surface area contributed by atoms with Gasteiger partial charge in [-0.15, -0.1) is 0 Å². The molecule has 0 aromatic heterocycles. The van der Waals surface area contributed by atoms with Crippen molar-refractivity contribution in [1.29, 1.82) is 0 Å². The third-order valence-electron chi connectivity index (χ3n) is 3.87. The molecule has 0 fully saturated rings. The molecule has 0 amide bonds. The third kappa shape index (κ3) is 2.75. The van der Waals surface area contributed by atoms with Crippen LogP contribution >= 0.6 is 0 Å². The molecule has 1 aliphatic heterocycles. The van der Waals surface area contributed by atoms with Gasteiger partial charge in [-0.05, 0) is 49.4 Å². The monoisotopic (exact) mass is 243 g/mol. The van der Waals surface area contributed by atoms with Crippen molar-refractivity contribution >= 4 is 0 Å². The minimum Gasteiger partial charge on any atom is -0.493 e. The summed E-state index contributed by atoms with van der Waals surface area (Å²) in [6.45, 7) is 1.93. The van der Waals surface area contributed by atoms with Crippen LogP contribution in [0.4, 0.5) is 0 Å². The van der Waals surface area contributed by atoms with Gasteiger partial charge >= 0.3 is 0 Å². The van der Waals surface area contributed by atoms with Gasteiger partial charge in [0.25, 0.3) is 0 Å². The number of ether oxygens (including phenoxy) is 1. The van der Waals surface area contributed by atoms with Crippen molar-refractivity contribution in [2.75, 3.05) is 13.2 Å². The fraction of sp³-hybridized carbons (Fsp3) is 0.500. The van der Waals surface area contributed by atoms with E-state index in [1.807, 2.05) is 0 Å². The molecule has 2 nitrogen and oxygen atoms in total. The fourth-order valence-corrected chi connectivity index (χ4v) is 2.80. The molecule has 0 spiro atoms. The molecule has 1 aromatic rings. The number of allylic oxidation sites excluding steroid dienone is 1. The Balaban J connectivity index is 1.49. The minimum absolute atomic E-state index is 0.688. The van der Waals surface area contributed by atoms with E-state index in [-0.39, 0.29) is 0 Å². The number of rotatable bonds is 4. The first-order valence-electron chi connectivity index (χ1n) is 7.05. The molecule has 0 radical (unpaired) electrons. The van der Waals surface area contributed by atoms with Crippen LogP contribution in [-0.4, -0.2) is 19.2 Å². The Labute approximate surface area is 109 Å². The molecule has 0 bridgehead atoms. The van der Waals surface area contributed by atoms with Crippen LogP contribution in [0.15, 0.2) is 30.4 Å². The van der Waals surface area contributed by atoms with E-state index in [0.717, 1.165) is 31.7 Å². The second-order valence-electron chi connectivity index (χ2n) is 5.23. The molecular formula is C16H21NO. The highest BCUT2D eigenvalue weighted by molar-refractivity contribution is 5.39. The van der Waals surface area contributed by atoms with Gasteiger partial charge in [0.1, 0.15) is 5.75 Å².